The second-order valence-corrected chi connectivity index (χ2v) is 34.9. The molecule has 3 fully saturated rings. The molecule has 7 heterocycles. The minimum Gasteiger partial charge on any atom is -0.508 e. The first-order valence-corrected chi connectivity index (χ1v) is 45.5. The monoisotopic (exact) mass is 1870 g/mol. The number of ether oxygens (including phenoxy) is 1. The fourth-order valence-electron chi connectivity index (χ4n) is 16.7. The molecule has 4 aliphatic rings. The number of hydrogen-bond donors (Lipinski definition) is 19. The van der Waals surface area contributed by atoms with Crippen LogP contribution in [0.2, 0.25) is 0 Å². The number of amides is 16. The fraction of sp³-hybridized carbons (Fsp3) is 0.540. The minimum absolute atomic E-state index is 0.00819. The summed E-state index contributed by atoms with van der Waals surface area (Å²) >= 11 is 0.715. The average Bonchev–Trinajstić information content (AvgIpc) is 1.69. The topological polar surface area (TPSA) is 667 Å². The third-order valence-electron chi connectivity index (χ3n) is 23.7. The van der Waals surface area contributed by atoms with E-state index in [9.17, 15) is 68.4 Å². The lowest BCUT2D eigenvalue weighted by molar-refractivity contribution is -0.152. The van der Waals surface area contributed by atoms with Gasteiger partial charge in [-0.15, -0.1) is 16.9 Å². The van der Waals surface area contributed by atoms with Crippen LogP contribution in [0.25, 0.3) is 21.8 Å². The first-order valence-electron chi connectivity index (χ1n) is 44.4. The van der Waals surface area contributed by atoms with Crippen molar-refractivity contribution in [2.45, 2.75) is 221 Å². The van der Waals surface area contributed by atoms with Crippen molar-refractivity contribution in [1.29, 1.82) is 0 Å². The highest BCUT2D eigenvalue weighted by Gasteiger charge is 2.47. The van der Waals surface area contributed by atoms with Crippen molar-refractivity contribution in [2.75, 3.05) is 71.1 Å². The minimum atomic E-state index is -1.85. The van der Waals surface area contributed by atoms with Crippen LogP contribution in [-0.2, 0) is 106 Å². The molecule has 3 aromatic heterocycles. The van der Waals surface area contributed by atoms with Gasteiger partial charge < -0.3 is 125 Å². The summed E-state index contributed by atoms with van der Waals surface area (Å²) in [5, 5.41) is 83.1. The van der Waals surface area contributed by atoms with Gasteiger partial charge >= 0.3 is 5.97 Å². The molecule has 720 valence electrons. The van der Waals surface area contributed by atoms with Gasteiger partial charge in [-0.2, -0.15) is 0 Å². The Morgan fingerprint density at radius 1 is 0.594 bits per heavy atom. The van der Waals surface area contributed by atoms with E-state index in [0.29, 0.717) is 69.5 Å². The number of aromatic nitrogens is 6. The first-order chi connectivity index (χ1) is 63.6. The number of rotatable bonds is 24. The van der Waals surface area contributed by atoms with Crippen LogP contribution in [-0.4, -0.2) is 320 Å². The molecule has 15 atom stereocenters. The number of tetrazole rings is 1. The summed E-state index contributed by atoms with van der Waals surface area (Å²) < 4.78 is 6.88. The zero-order valence-corrected chi connectivity index (χ0v) is 75.4. The summed E-state index contributed by atoms with van der Waals surface area (Å²) in [6.45, 7) is 3.11. The standard InChI is InChI=1S/C87H119N23O22S/c1-6-8-19-65-80(124)95-56(26-27-73(117)118)76(120)102-64(75(119)93-40-71(90)115)44-133-45-72(116)94-60(32-47-22-24-50(112)25-23-47)84(128)108-29-30-132-43-69(108)83(127)99-61(36-70(89)114)85(129)107-28-14-21-66(107)81(125)100-62(37-88)78(122)98-59(31-46(3)4)86(130)109-41-51(113)35-68(109)82(126)97-58(34-49-39-92-55-18-13-11-16-53(49)55)77(121)101-63(42-111)79(123)96-57(33-48-38-91-54-17-12-10-15-52(48)54)74-103-104-105-110(74)67(20-9-7-2)87(131)106(65)5/h10-13,15-18,22-25,38-39,46,51,56-69,91-92,111-113H,6-9,14,19-21,26-37,40-45,88H2,1-5H3,(H2,89,114)(H2,90,115)(H,93,119)(H,94,116)(H,95,124)(H,96,123)(H,97,126)(H,98,122)(H,99,127)(H,100,125)(H,101,121)(H,102,120)(H,117,118)/t51-,56+,57+,58+,59+,60+,61+,62+,63+,64+,65+,66+,67+,68+,69+/m1/s1. The van der Waals surface area contributed by atoms with Gasteiger partial charge in [0.1, 0.15) is 84.3 Å². The number of aromatic hydroxyl groups is 1. The van der Waals surface area contributed by atoms with E-state index in [-0.39, 0.29) is 101 Å². The number of primary amides is 2. The highest BCUT2D eigenvalue weighted by atomic mass is 32.2. The molecule has 46 heteroatoms. The van der Waals surface area contributed by atoms with Gasteiger partial charge in [-0.05, 0) is 95.8 Å². The number of para-hydroxylation sites is 2. The van der Waals surface area contributed by atoms with Crippen molar-refractivity contribution in [3.63, 3.8) is 0 Å². The third-order valence-corrected chi connectivity index (χ3v) is 24.7. The number of aliphatic carboxylic acids is 1. The number of benzene rings is 3. The number of carboxylic acids is 1. The quantitative estimate of drug-likeness (QED) is 0.0276. The zero-order chi connectivity index (χ0) is 96.4. The number of phenols is 1. The Morgan fingerprint density at radius 3 is 1.78 bits per heavy atom. The Labute approximate surface area is 768 Å². The second kappa shape index (κ2) is 48.3. The van der Waals surface area contributed by atoms with E-state index in [4.69, 9.17) is 21.9 Å². The van der Waals surface area contributed by atoms with Crippen LogP contribution in [0.5, 0.6) is 5.75 Å². The molecule has 3 saturated heterocycles. The van der Waals surface area contributed by atoms with Gasteiger partial charge in [-0.3, -0.25) is 81.5 Å². The summed E-state index contributed by atoms with van der Waals surface area (Å²) in [6, 6.07) is -2.47. The lowest BCUT2D eigenvalue weighted by atomic mass is 10.0. The molecule has 0 unspecified atom stereocenters. The number of aliphatic hydroxyl groups is 2. The molecule has 4 aliphatic heterocycles. The maximum absolute atomic E-state index is 15.7. The van der Waals surface area contributed by atoms with Crippen molar-refractivity contribution in [3.05, 3.63) is 108 Å². The molecule has 6 aromatic rings. The van der Waals surface area contributed by atoms with Gasteiger partial charge in [0, 0.05) is 105 Å². The normalized spacial score (nSPS) is 25.3. The average molecular weight is 1870 g/mol. The fourth-order valence-corrected chi connectivity index (χ4v) is 17.6. The molecular formula is C87H119N23O22S. The van der Waals surface area contributed by atoms with Crippen molar-refractivity contribution < 1.29 is 107 Å². The number of thioether (sulfide) groups is 1. The number of aromatic amines is 2. The summed E-state index contributed by atoms with van der Waals surface area (Å²) in [4.78, 5) is 257. The number of carboxylic acid groups (broad SMARTS) is 1. The van der Waals surface area contributed by atoms with Crippen molar-refractivity contribution >= 4 is 134 Å². The summed E-state index contributed by atoms with van der Waals surface area (Å²) in [7, 11) is 1.32. The first kappa shape index (κ1) is 102. The number of fused-ring (bicyclic) bond motifs is 6. The molecule has 133 heavy (non-hydrogen) atoms. The molecule has 10 rings (SSSR count). The van der Waals surface area contributed by atoms with E-state index < -0.39 is 255 Å². The molecule has 0 radical (unpaired) electrons. The number of nitrogens with one attached hydrogen (secondary N) is 12. The molecule has 0 saturated carbocycles. The molecule has 0 aliphatic carbocycles. The Morgan fingerprint density at radius 2 is 1.15 bits per heavy atom. The smallest absolute Gasteiger partial charge is 0.303 e. The Kier molecular flexibility index (Phi) is 37.0. The van der Waals surface area contributed by atoms with E-state index in [1.807, 2.05) is 6.92 Å². The molecule has 45 nitrogen and oxygen atoms in total. The van der Waals surface area contributed by atoms with E-state index in [1.54, 1.807) is 81.7 Å². The molecule has 22 N–H and O–H groups in total. The van der Waals surface area contributed by atoms with Crippen molar-refractivity contribution in [2.24, 2.45) is 23.1 Å². The largest absolute Gasteiger partial charge is 0.508 e. The van der Waals surface area contributed by atoms with Gasteiger partial charge in [0.05, 0.1) is 50.7 Å². The Hall–Kier alpha value is -13.2. The van der Waals surface area contributed by atoms with Crippen LogP contribution in [0.3, 0.4) is 0 Å². The van der Waals surface area contributed by atoms with Crippen LogP contribution >= 0.6 is 11.8 Å². The van der Waals surface area contributed by atoms with Gasteiger partial charge in [0.2, 0.25) is 94.5 Å². The zero-order valence-electron chi connectivity index (χ0n) is 74.6. The summed E-state index contributed by atoms with van der Waals surface area (Å²) in [5.41, 5.74) is 20.1. The van der Waals surface area contributed by atoms with Crippen molar-refractivity contribution in [3.8, 4) is 5.75 Å². The number of aliphatic hydroxyl groups excluding tert-OH is 2. The third kappa shape index (κ3) is 27.3. The molecule has 3 aromatic carbocycles. The maximum atomic E-state index is 15.7. The van der Waals surface area contributed by atoms with Gasteiger partial charge in [-0.25, -0.2) is 4.68 Å². The predicted molar refractivity (Wildman–Crippen MR) is 478 cm³/mol. The van der Waals surface area contributed by atoms with Crippen LogP contribution in [0.15, 0.2) is 85.2 Å². The lowest BCUT2D eigenvalue weighted by Gasteiger charge is -2.37. The number of carbonyl (C=O) groups excluding carboxylic acids is 16. The molecule has 16 amide bonds. The predicted octanol–water partition coefficient (Wildman–Crippen LogP) is -3.88. The number of morpholine rings is 1. The number of hydrogen-bond acceptors (Lipinski definition) is 26. The maximum Gasteiger partial charge on any atom is 0.303 e. The van der Waals surface area contributed by atoms with Crippen molar-refractivity contribution in [1.82, 2.24) is 103 Å². The summed E-state index contributed by atoms with van der Waals surface area (Å²) in [5.74, 6) is -18.9. The number of phenolic OH excluding ortho intramolecular Hbond substituents is 1. The Bertz CT molecular complexity index is 5180. The van der Waals surface area contributed by atoms with E-state index >= 15 is 33.6 Å². The number of unbranched alkanes of at least 4 members (excludes halogenated alkanes) is 2. The van der Waals surface area contributed by atoms with Gasteiger partial charge in [-0.1, -0.05) is 102 Å². The van der Waals surface area contributed by atoms with E-state index in [1.165, 1.54) is 36.0 Å². The highest BCUT2D eigenvalue weighted by molar-refractivity contribution is 8.00. The van der Waals surface area contributed by atoms with Crippen LogP contribution in [0, 0.1) is 5.92 Å². The van der Waals surface area contributed by atoms with Gasteiger partial charge in [0.25, 0.3) is 0 Å². The summed E-state index contributed by atoms with van der Waals surface area (Å²) in [6.07, 6.45) is 0.102. The number of likely N-dealkylation sites (N-methyl/N-ethyl adjacent to an activating group) is 1. The van der Waals surface area contributed by atoms with Gasteiger partial charge in [0.15, 0.2) is 5.82 Å². The number of H-pyrrole nitrogens is 2. The lowest BCUT2D eigenvalue weighted by Crippen LogP contribution is -2.63. The number of carbonyl (C=O) groups is 17. The number of nitrogens with two attached hydrogens (primary N) is 3. The van der Waals surface area contributed by atoms with E-state index in [0.717, 1.165) is 19.6 Å². The second-order valence-electron chi connectivity index (χ2n) is 33.9. The molecular weight excluding hydrogens is 1750 g/mol. The van der Waals surface area contributed by atoms with Crippen LogP contribution < -0.4 is 70.4 Å². The Balaban J connectivity index is 1.02. The number of nitrogens with zero attached hydrogens (tertiary/aromatic N) is 8. The highest BCUT2D eigenvalue weighted by Crippen LogP contribution is 2.31. The molecule has 0 spiro atoms. The van der Waals surface area contributed by atoms with E-state index in [2.05, 4.69) is 78.7 Å². The van der Waals surface area contributed by atoms with Crippen LogP contribution in [0.4, 0.5) is 0 Å². The molecule has 0 bridgehead atoms. The SMILES string of the molecule is CCCC[C@H]1C(=O)N[C@@H](CCC(=O)O)C(=O)N[C@H](C(=O)NCC(N)=O)CSCC(=O)N[C@@H](Cc2ccc(O)cc2)C(=O)N2CCOC[C@H]2C(=O)N[C@@H](CC(N)=O)C(=O)N2CCC[C@H]2C(=O)N[C@@H](CN)C(=O)N[C@@H](CC(C)C)C(=O)N2C[C@H](O)C[C@H]2C(=O)N[C@@H](Cc2c[nH]c3ccccc23)C(=O)N[C@@H](CO)C(=O)N[C@@H](Cc2c[nH]c3ccccc23)c2nnnn2[C@@H](CCCC)C(=O)N1C. The van der Waals surface area contributed by atoms with Crippen LogP contribution in [0.1, 0.15) is 146 Å².